The SMILES string of the molecule is COc1ccccc1OC(=O)CC(NC(=O)c1ccccc1)c1ccccc1. The Labute approximate surface area is 163 Å². The lowest BCUT2D eigenvalue weighted by atomic mass is 10.0. The first-order chi connectivity index (χ1) is 13.7. The molecule has 0 saturated carbocycles. The van der Waals surface area contributed by atoms with Crippen molar-refractivity contribution in [3.8, 4) is 11.5 Å². The first kappa shape index (κ1) is 19.2. The summed E-state index contributed by atoms with van der Waals surface area (Å²) in [7, 11) is 1.51. The van der Waals surface area contributed by atoms with Gasteiger partial charge in [0.2, 0.25) is 0 Å². The number of para-hydroxylation sites is 2. The fraction of sp³-hybridized carbons (Fsp3) is 0.130. The maximum Gasteiger partial charge on any atom is 0.313 e. The lowest BCUT2D eigenvalue weighted by Gasteiger charge is -2.19. The van der Waals surface area contributed by atoms with E-state index in [9.17, 15) is 9.59 Å². The molecule has 0 radical (unpaired) electrons. The smallest absolute Gasteiger partial charge is 0.313 e. The number of methoxy groups -OCH3 is 1. The van der Waals surface area contributed by atoms with Crippen LogP contribution in [0.4, 0.5) is 0 Å². The zero-order valence-corrected chi connectivity index (χ0v) is 15.5. The van der Waals surface area contributed by atoms with E-state index in [-0.39, 0.29) is 12.3 Å². The molecule has 0 spiro atoms. The number of amides is 1. The monoisotopic (exact) mass is 375 g/mol. The van der Waals surface area contributed by atoms with E-state index in [1.54, 1.807) is 48.5 Å². The second kappa shape index (κ2) is 9.37. The quantitative estimate of drug-likeness (QED) is 0.497. The molecule has 3 aromatic carbocycles. The van der Waals surface area contributed by atoms with Crippen molar-refractivity contribution in [3.63, 3.8) is 0 Å². The highest BCUT2D eigenvalue weighted by Gasteiger charge is 2.21. The molecule has 0 aliphatic carbocycles. The van der Waals surface area contributed by atoms with Crippen LogP contribution in [0.15, 0.2) is 84.9 Å². The van der Waals surface area contributed by atoms with Crippen molar-refractivity contribution < 1.29 is 19.1 Å². The molecule has 0 aromatic heterocycles. The van der Waals surface area contributed by atoms with Gasteiger partial charge >= 0.3 is 5.97 Å². The number of benzene rings is 3. The van der Waals surface area contributed by atoms with E-state index in [0.29, 0.717) is 17.1 Å². The Morgan fingerprint density at radius 3 is 2.04 bits per heavy atom. The molecule has 5 heteroatoms. The number of hydrogen-bond acceptors (Lipinski definition) is 4. The standard InChI is InChI=1S/C23H21NO4/c1-27-20-14-8-9-15-21(20)28-22(25)16-19(17-10-4-2-5-11-17)24-23(26)18-12-6-3-7-13-18/h2-15,19H,16H2,1H3,(H,24,26). The molecule has 28 heavy (non-hydrogen) atoms. The van der Waals surface area contributed by atoms with Gasteiger partial charge in [0.05, 0.1) is 19.6 Å². The van der Waals surface area contributed by atoms with Crippen LogP contribution in [-0.4, -0.2) is 19.0 Å². The molecule has 3 rings (SSSR count). The summed E-state index contributed by atoms with van der Waals surface area (Å²) in [5.74, 6) is 0.0999. The van der Waals surface area contributed by atoms with E-state index >= 15 is 0 Å². The van der Waals surface area contributed by atoms with Gasteiger partial charge in [-0.15, -0.1) is 0 Å². The number of hydrogen-bond donors (Lipinski definition) is 1. The molecule has 0 bridgehead atoms. The molecule has 0 saturated heterocycles. The summed E-state index contributed by atoms with van der Waals surface area (Å²) in [5.41, 5.74) is 1.35. The first-order valence-corrected chi connectivity index (χ1v) is 8.92. The van der Waals surface area contributed by atoms with Gasteiger partial charge in [0.1, 0.15) is 0 Å². The van der Waals surface area contributed by atoms with Crippen LogP contribution in [0, 0.1) is 0 Å². The highest BCUT2D eigenvalue weighted by Crippen LogP contribution is 2.27. The van der Waals surface area contributed by atoms with Crippen LogP contribution in [0.5, 0.6) is 11.5 Å². The van der Waals surface area contributed by atoms with Crippen molar-refractivity contribution in [2.24, 2.45) is 0 Å². The lowest BCUT2D eigenvalue weighted by molar-refractivity contribution is -0.135. The van der Waals surface area contributed by atoms with Crippen LogP contribution in [0.3, 0.4) is 0 Å². The van der Waals surface area contributed by atoms with Crippen molar-refractivity contribution in [2.45, 2.75) is 12.5 Å². The van der Waals surface area contributed by atoms with Gasteiger partial charge in [-0.1, -0.05) is 60.7 Å². The lowest BCUT2D eigenvalue weighted by Crippen LogP contribution is -2.31. The zero-order chi connectivity index (χ0) is 19.8. The Kier molecular flexibility index (Phi) is 6.41. The predicted octanol–water partition coefficient (Wildman–Crippen LogP) is 4.16. The number of ether oxygens (including phenoxy) is 2. The topological polar surface area (TPSA) is 64.6 Å². The van der Waals surface area contributed by atoms with Crippen molar-refractivity contribution >= 4 is 11.9 Å². The molecule has 0 aliphatic rings. The second-order valence-electron chi connectivity index (χ2n) is 6.13. The van der Waals surface area contributed by atoms with Crippen LogP contribution < -0.4 is 14.8 Å². The summed E-state index contributed by atoms with van der Waals surface area (Å²) in [6.07, 6.45) is -0.0133. The minimum Gasteiger partial charge on any atom is -0.493 e. The summed E-state index contributed by atoms with van der Waals surface area (Å²) < 4.78 is 10.7. The number of esters is 1. The van der Waals surface area contributed by atoms with Gasteiger partial charge < -0.3 is 14.8 Å². The highest BCUT2D eigenvalue weighted by molar-refractivity contribution is 5.94. The van der Waals surface area contributed by atoms with Crippen molar-refractivity contribution in [2.75, 3.05) is 7.11 Å². The van der Waals surface area contributed by atoms with E-state index in [1.807, 2.05) is 36.4 Å². The molecule has 3 aromatic rings. The number of carbonyl (C=O) groups excluding carboxylic acids is 2. The maximum absolute atomic E-state index is 12.6. The normalized spacial score (nSPS) is 11.3. The molecule has 0 aliphatic heterocycles. The summed E-state index contributed by atoms with van der Waals surface area (Å²) >= 11 is 0. The van der Waals surface area contributed by atoms with E-state index in [4.69, 9.17) is 9.47 Å². The molecule has 5 nitrogen and oxygen atoms in total. The minimum atomic E-state index is -0.517. The third kappa shape index (κ3) is 4.98. The van der Waals surface area contributed by atoms with Crippen LogP contribution in [-0.2, 0) is 4.79 Å². The highest BCUT2D eigenvalue weighted by atomic mass is 16.6. The molecule has 1 unspecified atom stereocenters. The zero-order valence-electron chi connectivity index (χ0n) is 15.5. The van der Waals surface area contributed by atoms with Crippen molar-refractivity contribution in [1.29, 1.82) is 0 Å². The fourth-order valence-corrected chi connectivity index (χ4v) is 2.80. The second-order valence-corrected chi connectivity index (χ2v) is 6.13. The van der Waals surface area contributed by atoms with E-state index in [1.165, 1.54) is 7.11 Å². The molecule has 142 valence electrons. The van der Waals surface area contributed by atoms with Gasteiger partial charge in [0.15, 0.2) is 11.5 Å². The van der Waals surface area contributed by atoms with Gasteiger partial charge in [0, 0.05) is 5.56 Å². The first-order valence-electron chi connectivity index (χ1n) is 8.92. The van der Waals surface area contributed by atoms with Crippen LogP contribution in [0.1, 0.15) is 28.4 Å². The van der Waals surface area contributed by atoms with E-state index < -0.39 is 12.0 Å². The van der Waals surface area contributed by atoms with Crippen LogP contribution >= 0.6 is 0 Å². The molecular formula is C23H21NO4. The molecule has 0 fully saturated rings. The van der Waals surface area contributed by atoms with Gasteiger partial charge in [-0.2, -0.15) is 0 Å². The van der Waals surface area contributed by atoms with Crippen LogP contribution in [0.25, 0.3) is 0 Å². The van der Waals surface area contributed by atoms with E-state index in [0.717, 1.165) is 5.56 Å². The van der Waals surface area contributed by atoms with E-state index in [2.05, 4.69) is 5.32 Å². The Balaban J connectivity index is 1.76. The summed E-state index contributed by atoms with van der Waals surface area (Å²) in [4.78, 5) is 25.1. The third-order valence-corrected chi connectivity index (χ3v) is 4.21. The summed E-state index contributed by atoms with van der Waals surface area (Å²) in [6, 6.07) is 24.6. The Morgan fingerprint density at radius 1 is 0.821 bits per heavy atom. The Bertz CT molecular complexity index is 926. The van der Waals surface area contributed by atoms with Crippen LogP contribution in [0.2, 0.25) is 0 Å². The van der Waals surface area contributed by atoms with Crippen molar-refractivity contribution in [3.05, 3.63) is 96.1 Å². The average Bonchev–Trinajstić information content (AvgIpc) is 2.75. The molecule has 1 atom stereocenters. The third-order valence-electron chi connectivity index (χ3n) is 4.21. The molecular weight excluding hydrogens is 354 g/mol. The summed E-state index contributed by atoms with van der Waals surface area (Å²) in [6.45, 7) is 0. The molecule has 1 N–H and O–H groups in total. The molecule has 1 amide bonds. The fourth-order valence-electron chi connectivity index (χ4n) is 2.80. The predicted molar refractivity (Wildman–Crippen MR) is 106 cm³/mol. The maximum atomic E-state index is 12.6. The van der Waals surface area contributed by atoms with Gasteiger partial charge in [-0.3, -0.25) is 9.59 Å². The minimum absolute atomic E-state index is 0.0133. The van der Waals surface area contributed by atoms with Gasteiger partial charge in [-0.25, -0.2) is 0 Å². The number of carbonyl (C=O) groups is 2. The molecule has 0 heterocycles. The van der Waals surface area contributed by atoms with Crippen molar-refractivity contribution in [1.82, 2.24) is 5.32 Å². The Hall–Kier alpha value is -3.60. The average molecular weight is 375 g/mol. The van der Waals surface area contributed by atoms with Gasteiger partial charge in [-0.05, 0) is 29.8 Å². The van der Waals surface area contributed by atoms with Gasteiger partial charge in [0.25, 0.3) is 5.91 Å². The largest absolute Gasteiger partial charge is 0.493 e. The Morgan fingerprint density at radius 2 is 1.39 bits per heavy atom. The number of nitrogens with one attached hydrogen (secondary N) is 1. The summed E-state index contributed by atoms with van der Waals surface area (Å²) in [5, 5.41) is 2.92. The number of rotatable bonds is 7.